The van der Waals surface area contributed by atoms with Gasteiger partial charge in [-0.1, -0.05) is 72.5 Å². The lowest BCUT2D eigenvalue weighted by Crippen LogP contribution is -2.51. The minimum Gasteiger partial charge on any atom is -0.479 e. The maximum Gasteiger partial charge on any atom is 0.332 e. The second-order valence-corrected chi connectivity index (χ2v) is 13.5. The topological polar surface area (TPSA) is 46.5 Å². The van der Waals surface area contributed by atoms with Crippen LogP contribution in [0.25, 0.3) is 0 Å². The Kier molecular flexibility index (Phi) is 7.92. The first-order valence-electron chi connectivity index (χ1n) is 14.7. The summed E-state index contributed by atoms with van der Waals surface area (Å²) in [5, 5.41) is 9.45. The van der Waals surface area contributed by atoms with Gasteiger partial charge in [0.05, 0.1) is 6.10 Å². The van der Waals surface area contributed by atoms with Crippen molar-refractivity contribution >= 4 is 5.97 Å². The zero-order valence-electron chi connectivity index (χ0n) is 22.9. The molecule has 0 aliphatic heterocycles. The first kappa shape index (κ1) is 26.2. The number of hydrogen-bond donors (Lipinski definition) is 1. The third kappa shape index (κ3) is 4.76. The molecule has 0 aromatic carbocycles. The van der Waals surface area contributed by atoms with Crippen LogP contribution in [0.4, 0.5) is 0 Å². The van der Waals surface area contributed by atoms with E-state index >= 15 is 0 Å². The molecule has 3 fully saturated rings. The van der Waals surface area contributed by atoms with Gasteiger partial charge in [0.15, 0.2) is 6.10 Å². The highest BCUT2D eigenvalue weighted by atomic mass is 16.5. The van der Waals surface area contributed by atoms with Crippen molar-refractivity contribution in [2.45, 2.75) is 131 Å². The lowest BCUT2D eigenvalue weighted by atomic mass is 9.47. The van der Waals surface area contributed by atoms with E-state index in [9.17, 15) is 9.90 Å². The molecule has 0 heterocycles. The van der Waals surface area contributed by atoms with Crippen molar-refractivity contribution in [1.29, 1.82) is 0 Å². The Bertz CT molecular complexity index is 756. The summed E-state index contributed by atoms with van der Waals surface area (Å²) in [6.45, 7) is 14.4. The molecule has 1 N–H and O–H groups in total. The summed E-state index contributed by atoms with van der Waals surface area (Å²) >= 11 is 0. The van der Waals surface area contributed by atoms with Crippen LogP contribution in [0.3, 0.4) is 0 Å². The van der Waals surface area contributed by atoms with Crippen LogP contribution in [0.2, 0.25) is 0 Å². The van der Waals surface area contributed by atoms with Crippen molar-refractivity contribution in [1.82, 2.24) is 0 Å². The number of aliphatic carboxylic acids is 1. The van der Waals surface area contributed by atoms with Crippen LogP contribution in [-0.2, 0) is 9.53 Å². The van der Waals surface area contributed by atoms with E-state index in [4.69, 9.17) is 4.74 Å². The van der Waals surface area contributed by atoms with Crippen LogP contribution in [0, 0.1) is 46.3 Å². The molecule has 0 aromatic heterocycles. The quantitative estimate of drug-likeness (QED) is 0.343. The SMILES string of the molecule is CCC(O[C@H]1CC[C@@]2(C)C(=CC[C@H]3[C@@H]4CC[C@H]([C@H](C)CCCC(C)C)[C@@]4(C)CC[C@@H]32)C1)C(=O)O. The van der Waals surface area contributed by atoms with E-state index < -0.39 is 12.1 Å². The van der Waals surface area contributed by atoms with Gasteiger partial charge in [0, 0.05) is 0 Å². The van der Waals surface area contributed by atoms with Crippen LogP contribution in [0.5, 0.6) is 0 Å². The molecule has 1 unspecified atom stereocenters. The molecule has 0 bridgehead atoms. The van der Waals surface area contributed by atoms with Gasteiger partial charge in [0.25, 0.3) is 0 Å². The predicted octanol–water partition coefficient (Wildman–Crippen LogP) is 8.28. The van der Waals surface area contributed by atoms with Gasteiger partial charge >= 0.3 is 5.97 Å². The Morgan fingerprint density at radius 3 is 2.53 bits per heavy atom. The molecular formula is C31H52O3. The molecule has 3 nitrogen and oxygen atoms in total. The fourth-order valence-electron chi connectivity index (χ4n) is 9.33. The summed E-state index contributed by atoms with van der Waals surface area (Å²) < 4.78 is 6.06. The number of hydrogen-bond acceptors (Lipinski definition) is 2. The minimum absolute atomic E-state index is 0.0772. The van der Waals surface area contributed by atoms with Crippen molar-refractivity contribution in [3.8, 4) is 0 Å². The normalized spacial score (nSPS) is 41.3. The molecule has 9 atom stereocenters. The van der Waals surface area contributed by atoms with E-state index in [1.165, 1.54) is 57.8 Å². The van der Waals surface area contributed by atoms with Gasteiger partial charge in [-0.25, -0.2) is 4.79 Å². The predicted molar refractivity (Wildman–Crippen MR) is 140 cm³/mol. The van der Waals surface area contributed by atoms with Crippen LogP contribution >= 0.6 is 0 Å². The van der Waals surface area contributed by atoms with Crippen molar-refractivity contribution < 1.29 is 14.6 Å². The Hall–Kier alpha value is -0.830. The fraction of sp³-hybridized carbons (Fsp3) is 0.903. The number of carbonyl (C=O) groups is 1. The number of ether oxygens (including phenoxy) is 1. The standard InChI is InChI=1S/C31H52O3/c1-7-28(29(32)33)34-23-15-17-30(5)22(19-23)11-12-24-26-14-13-25(21(4)10-8-9-20(2)3)31(26,6)18-16-27(24)30/h11,20-21,23-28H,7-10,12-19H2,1-6H3,(H,32,33)/t21-,23+,24+,25-,26+,27+,28?,30+,31-/m1/s1. The number of carboxylic acids is 1. The number of rotatable bonds is 9. The maximum atomic E-state index is 11.5. The highest BCUT2D eigenvalue weighted by Crippen LogP contribution is 2.67. The van der Waals surface area contributed by atoms with Gasteiger partial charge in [0.2, 0.25) is 0 Å². The Labute approximate surface area is 209 Å². The van der Waals surface area contributed by atoms with Crippen molar-refractivity contribution in [3.05, 3.63) is 11.6 Å². The highest BCUT2D eigenvalue weighted by Gasteiger charge is 2.59. The monoisotopic (exact) mass is 472 g/mol. The fourth-order valence-corrected chi connectivity index (χ4v) is 9.33. The molecule has 0 amide bonds. The molecule has 194 valence electrons. The summed E-state index contributed by atoms with van der Waals surface area (Å²) in [7, 11) is 0. The minimum atomic E-state index is -0.811. The van der Waals surface area contributed by atoms with Crippen LogP contribution in [-0.4, -0.2) is 23.3 Å². The summed E-state index contributed by atoms with van der Waals surface area (Å²) in [5.41, 5.74) is 2.43. The third-order valence-corrected chi connectivity index (χ3v) is 11.3. The third-order valence-electron chi connectivity index (χ3n) is 11.3. The maximum absolute atomic E-state index is 11.5. The van der Waals surface area contributed by atoms with E-state index in [0.29, 0.717) is 17.3 Å². The summed E-state index contributed by atoms with van der Waals surface area (Å²) in [4.78, 5) is 11.5. The zero-order valence-corrected chi connectivity index (χ0v) is 22.9. The first-order valence-corrected chi connectivity index (χ1v) is 14.7. The molecular weight excluding hydrogens is 420 g/mol. The summed E-state index contributed by atoms with van der Waals surface area (Å²) in [5.74, 6) is 4.34. The highest BCUT2D eigenvalue weighted by molar-refractivity contribution is 5.72. The molecule has 34 heavy (non-hydrogen) atoms. The Morgan fingerprint density at radius 2 is 1.85 bits per heavy atom. The molecule has 4 aliphatic carbocycles. The van der Waals surface area contributed by atoms with E-state index in [1.54, 1.807) is 5.57 Å². The van der Waals surface area contributed by atoms with Gasteiger partial charge in [-0.2, -0.15) is 0 Å². The largest absolute Gasteiger partial charge is 0.479 e. The van der Waals surface area contributed by atoms with E-state index in [1.807, 2.05) is 6.92 Å². The smallest absolute Gasteiger partial charge is 0.332 e. The lowest BCUT2D eigenvalue weighted by Gasteiger charge is -2.58. The van der Waals surface area contributed by atoms with Gasteiger partial charge in [-0.3, -0.25) is 0 Å². The molecule has 0 saturated heterocycles. The summed E-state index contributed by atoms with van der Waals surface area (Å²) in [6, 6.07) is 0. The number of allylic oxidation sites excluding steroid dienone is 1. The van der Waals surface area contributed by atoms with E-state index in [-0.39, 0.29) is 6.10 Å². The molecule has 3 saturated carbocycles. The number of carboxylic acid groups (broad SMARTS) is 1. The zero-order chi connectivity index (χ0) is 24.7. The van der Waals surface area contributed by atoms with Crippen LogP contribution in [0.15, 0.2) is 11.6 Å². The Morgan fingerprint density at radius 1 is 1.09 bits per heavy atom. The van der Waals surface area contributed by atoms with Crippen molar-refractivity contribution in [2.24, 2.45) is 46.3 Å². The van der Waals surface area contributed by atoms with Crippen LogP contribution < -0.4 is 0 Å². The van der Waals surface area contributed by atoms with Crippen molar-refractivity contribution in [2.75, 3.05) is 0 Å². The molecule has 4 aliphatic rings. The second kappa shape index (κ2) is 10.3. The molecule has 3 heteroatoms. The van der Waals surface area contributed by atoms with Gasteiger partial charge in [-0.15, -0.1) is 0 Å². The summed E-state index contributed by atoms with van der Waals surface area (Å²) in [6.07, 6.45) is 16.8. The van der Waals surface area contributed by atoms with Gasteiger partial charge < -0.3 is 9.84 Å². The van der Waals surface area contributed by atoms with Gasteiger partial charge in [0.1, 0.15) is 0 Å². The van der Waals surface area contributed by atoms with E-state index in [0.717, 1.165) is 48.3 Å². The molecule has 0 spiro atoms. The first-order chi connectivity index (χ1) is 16.1. The number of fused-ring (bicyclic) bond motifs is 5. The molecule has 4 rings (SSSR count). The van der Waals surface area contributed by atoms with Crippen molar-refractivity contribution in [3.63, 3.8) is 0 Å². The molecule has 0 aromatic rings. The van der Waals surface area contributed by atoms with Gasteiger partial charge in [-0.05, 0) is 104 Å². The van der Waals surface area contributed by atoms with Crippen LogP contribution in [0.1, 0.15) is 119 Å². The lowest BCUT2D eigenvalue weighted by molar-refractivity contribution is -0.156. The Balaban J connectivity index is 1.44. The second-order valence-electron chi connectivity index (χ2n) is 13.5. The average Bonchev–Trinajstić information content (AvgIpc) is 3.14. The van der Waals surface area contributed by atoms with E-state index in [2.05, 4.69) is 40.7 Å². The average molecular weight is 473 g/mol. The molecule has 0 radical (unpaired) electrons.